The summed E-state index contributed by atoms with van der Waals surface area (Å²) in [5, 5.41) is 12.2. The lowest BCUT2D eigenvalue weighted by Gasteiger charge is -2.16. The summed E-state index contributed by atoms with van der Waals surface area (Å²) in [6.45, 7) is 3.50. The van der Waals surface area contributed by atoms with Gasteiger partial charge in [-0.2, -0.15) is 0 Å². The molecule has 1 aliphatic heterocycles. The molecule has 0 aliphatic carbocycles. The third kappa shape index (κ3) is 2.99. The van der Waals surface area contributed by atoms with E-state index in [0.29, 0.717) is 12.1 Å². The molecule has 2 aromatic rings. The van der Waals surface area contributed by atoms with Gasteiger partial charge >= 0.3 is 0 Å². The zero-order valence-electron chi connectivity index (χ0n) is 12.0. The molecule has 0 spiro atoms. The summed E-state index contributed by atoms with van der Waals surface area (Å²) < 4.78 is 0. The zero-order valence-corrected chi connectivity index (χ0v) is 12.8. The Morgan fingerprint density at radius 2 is 2.38 bits per heavy atom. The summed E-state index contributed by atoms with van der Waals surface area (Å²) in [6, 6.07) is 7.63. The first-order valence-corrected chi connectivity index (χ1v) is 7.98. The van der Waals surface area contributed by atoms with E-state index in [1.807, 2.05) is 41.5 Å². The molecule has 1 atom stereocenters. The Bertz CT molecular complexity index is 653. The molecule has 1 aliphatic rings. The minimum absolute atomic E-state index is 0.0414. The number of nitrogens with zero attached hydrogens (tertiary/aromatic N) is 2. The van der Waals surface area contributed by atoms with Gasteiger partial charge in [0.2, 0.25) is 0 Å². The second kappa shape index (κ2) is 5.95. The van der Waals surface area contributed by atoms with Crippen LogP contribution in [0.4, 0.5) is 0 Å². The van der Waals surface area contributed by atoms with Crippen molar-refractivity contribution in [1.29, 1.82) is 0 Å². The fourth-order valence-corrected chi connectivity index (χ4v) is 3.28. The van der Waals surface area contributed by atoms with Gasteiger partial charge in [0.15, 0.2) is 0 Å². The first-order chi connectivity index (χ1) is 10.2. The molecule has 21 heavy (non-hydrogen) atoms. The third-order valence-electron chi connectivity index (χ3n) is 3.86. The van der Waals surface area contributed by atoms with Gasteiger partial charge in [-0.05, 0) is 25.5 Å². The maximum Gasteiger partial charge on any atom is 0.253 e. The normalized spacial score (nSPS) is 18.2. The largest absolute Gasteiger partial charge is 0.396 e. The molecule has 4 nitrogen and oxygen atoms in total. The van der Waals surface area contributed by atoms with E-state index in [0.717, 1.165) is 29.2 Å². The van der Waals surface area contributed by atoms with Gasteiger partial charge < -0.3 is 10.0 Å². The number of rotatable bonds is 3. The molecule has 1 aromatic heterocycles. The van der Waals surface area contributed by atoms with Gasteiger partial charge in [0.05, 0.1) is 10.7 Å². The third-order valence-corrected chi connectivity index (χ3v) is 4.63. The molecule has 110 valence electrons. The van der Waals surface area contributed by atoms with Crippen molar-refractivity contribution in [2.45, 2.75) is 13.3 Å². The lowest BCUT2D eigenvalue weighted by molar-refractivity contribution is 0.0782. The zero-order chi connectivity index (χ0) is 14.8. The van der Waals surface area contributed by atoms with Crippen molar-refractivity contribution in [2.24, 2.45) is 5.92 Å². The van der Waals surface area contributed by atoms with Crippen LogP contribution >= 0.6 is 11.3 Å². The number of hydrogen-bond donors (Lipinski definition) is 1. The highest BCUT2D eigenvalue weighted by atomic mass is 32.1. The molecule has 1 amide bonds. The smallest absolute Gasteiger partial charge is 0.253 e. The maximum absolute atomic E-state index is 12.5. The fourth-order valence-electron chi connectivity index (χ4n) is 2.66. The monoisotopic (exact) mass is 302 g/mol. The molecular formula is C16H18N2O2S. The van der Waals surface area contributed by atoms with E-state index in [4.69, 9.17) is 0 Å². The quantitative estimate of drug-likeness (QED) is 0.948. The van der Waals surface area contributed by atoms with Crippen LogP contribution < -0.4 is 0 Å². The molecule has 5 heteroatoms. The Morgan fingerprint density at radius 3 is 3.05 bits per heavy atom. The second-order valence-corrected chi connectivity index (χ2v) is 6.48. The lowest BCUT2D eigenvalue weighted by atomic mass is 10.1. The molecule has 1 unspecified atom stereocenters. The molecular weight excluding hydrogens is 284 g/mol. The first-order valence-electron chi connectivity index (χ1n) is 7.10. The number of hydrogen-bond acceptors (Lipinski definition) is 4. The van der Waals surface area contributed by atoms with Gasteiger partial charge in [-0.15, -0.1) is 11.3 Å². The van der Waals surface area contributed by atoms with Crippen LogP contribution in [0.3, 0.4) is 0 Å². The molecule has 0 saturated carbocycles. The Balaban J connectivity index is 1.81. The van der Waals surface area contributed by atoms with E-state index < -0.39 is 0 Å². The Morgan fingerprint density at radius 1 is 1.52 bits per heavy atom. The van der Waals surface area contributed by atoms with Gasteiger partial charge in [0.25, 0.3) is 5.91 Å². The number of aliphatic hydroxyl groups is 1. The Labute approximate surface area is 128 Å². The van der Waals surface area contributed by atoms with E-state index in [-0.39, 0.29) is 18.4 Å². The average Bonchev–Trinajstić information content (AvgIpc) is 3.15. The fraction of sp³-hybridized carbons (Fsp3) is 0.375. The molecule has 1 saturated heterocycles. The summed E-state index contributed by atoms with van der Waals surface area (Å²) in [5.41, 5.74) is 2.58. The Kier molecular flexibility index (Phi) is 4.03. The van der Waals surface area contributed by atoms with E-state index in [1.165, 1.54) is 0 Å². The Hall–Kier alpha value is -1.72. The van der Waals surface area contributed by atoms with Crippen molar-refractivity contribution >= 4 is 17.2 Å². The number of carbonyl (C=O) groups is 1. The number of aliphatic hydroxyl groups excluding tert-OH is 1. The number of carbonyl (C=O) groups excluding carboxylic acids is 1. The van der Waals surface area contributed by atoms with Crippen molar-refractivity contribution in [3.8, 4) is 11.3 Å². The van der Waals surface area contributed by atoms with Crippen LogP contribution in [0.1, 0.15) is 21.8 Å². The summed E-state index contributed by atoms with van der Waals surface area (Å²) in [5.74, 6) is 0.262. The number of benzene rings is 1. The minimum atomic E-state index is 0.0414. The minimum Gasteiger partial charge on any atom is -0.396 e. The predicted octanol–water partition coefficient (Wildman–Crippen LogP) is 2.57. The lowest BCUT2D eigenvalue weighted by Crippen LogP contribution is -2.29. The molecule has 1 fully saturated rings. The van der Waals surface area contributed by atoms with Crippen LogP contribution in [0.5, 0.6) is 0 Å². The first kappa shape index (κ1) is 14.2. The molecule has 1 aromatic carbocycles. The van der Waals surface area contributed by atoms with Crippen LogP contribution in [0.2, 0.25) is 0 Å². The van der Waals surface area contributed by atoms with Crippen LogP contribution in [-0.4, -0.2) is 40.6 Å². The van der Waals surface area contributed by atoms with Crippen LogP contribution in [0, 0.1) is 12.8 Å². The maximum atomic E-state index is 12.5. The number of amides is 1. The number of aromatic nitrogens is 1. The highest BCUT2D eigenvalue weighted by Crippen LogP contribution is 2.24. The van der Waals surface area contributed by atoms with Gasteiger partial charge in [-0.3, -0.25) is 4.79 Å². The van der Waals surface area contributed by atoms with Crippen LogP contribution in [-0.2, 0) is 0 Å². The van der Waals surface area contributed by atoms with Crippen molar-refractivity contribution < 1.29 is 9.90 Å². The van der Waals surface area contributed by atoms with E-state index in [1.54, 1.807) is 11.3 Å². The molecule has 3 rings (SSSR count). The van der Waals surface area contributed by atoms with Gasteiger partial charge in [-0.25, -0.2) is 4.98 Å². The van der Waals surface area contributed by atoms with Crippen molar-refractivity contribution in [2.75, 3.05) is 19.7 Å². The summed E-state index contributed by atoms with van der Waals surface area (Å²) >= 11 is 1.61. The molecule has 2 heterocycles. The van der Waals surface area contributed by atoms with Crippen LogP contribution in [0.15, 0.2) is 29.6 Å². The highest BCUT2D eigenvalue weighted by molar-refractivity contribution is 7.09. The molecule has 1 N–H and O–H groups in total. The van der Waals surface area contributed by atoms with Crippen molar-refractivity contribution in [3.63, 3.8) is 0 Å². The molecule has 0 radical (unpaired) electrons. The van der Waals surface area contributed by atoms with Crippen molar-refractivity contribution in [3.05, 3.63) is 40.2 Å². The topological polar surface area (TPSA) is 53.4 Å². The standard InChI is InChI=1S/C16H18N2O2S/c1-11-17-15(10-21-11)13-3-2-4-14(7-13)16(20)18-6-5-12(8-18)9-19/h2-4,7,10,12,19H,5-6,8-9H2,1H3. The molecule has 0 bridgehead atoms. The number of likely N-dealkylation sites (tertiary alicyclic amines) is 1. The summed E-state index contributed by atoms with van der Waals surface area (Å²) in [7, 11) is 0. The van der Waals surface area contributed by atoms with Gasteiger partial charge in [0, 0.05) is 42.1 Å². The summed E-state index contributed by atoms with van der Waals surface area (Å²) in [6.07, 6.45) is 0.882. The summed E-state index contributed by atoms with van der Waals surface area (Å²) in [4.78, 5) is 18.8. The van der Waals surface area contributed by atoms with E-state index in [2.05, 4.69) is 4.98 Å². The van der Waals surface area contributed by atoms with Gasteiger partial charge in [-0.1, -0.05) is 12.1 Å². The van der Waals surface area contributed by atoms with Crippen molar-refractivity contribution in [1.82, 2.24) is 9.88 Å². The van der Waals surface area contributed by atoms with E-state index in [9.17, 15) is 9.90 Å². The average molecular weight is 302 g/mol. The highest BCUT2D eigenvalue weighted by Gasteiger charge is 2.26. The van der Waals surface area contributed by atoms with Gasteiger partial charge in [0.1, 0.15) is 0 Å². The van der Waals surface area contributed by atoms with Crippen LogP contribution in [0.25, 0.3) is 11.3 Å². The SMILES string of the molecule is Cc1nc(-c2cccc(C(=O)N3CCC(CO)C3)c2)cs1. The number of aryl methyl sites for hydroxylation is 1. The predicted molar refractivity (Wildman–Crippen MR) is 83.4 cm³/mol. The number of thiazole rings is 1. The second-order valence-electron chi connectivity index (χ2n) is 5.42. The van der Waals surface area contributed by atoms with E-state index >= 15 is 0 Å².